The third kappa shape index (κ3) is 2.54. The second kappa shape index (κ2) is 5.21. The standard InChI is InChI=1S/C14H22N2O/c1-2-4-11(5-3-1)13-10-16-14(17-13)12-6-8-15-9-7-12/h10-12,15H,1-9H2. The summed E-state index contributed by atoms with van der Waals surface area (Å²) >= 11 is 0. The highest BCUT2D eigenvalue weighted by atomic mass is 16.4. The van der Waals surface area contributed by atoms with Crippen molar-refractivity contribution in [2.45, 2.75) is 56.8 Å². The van der Waals surface area contributed by atoms with Crippen LogP contribution in [0, 0.1) is 0 Å². The van der Waals surface area contributed by atoms with Crippen molar-refractivity contribution in [3.63, 3.8) is 0 Å². The number of nitrogens with zero attached hydrogens (tertiary/aromatic N) is 1. The van der Waals surface area contributed by atoms with E-state index in [-0.39, 0.29) is 0 Å². The zero-order chi connectivity index (χ0) is 11.5. The summed E-state index contributed by atoms with van der Waals surface area (Å²) in [6.07, 6.45) is 11.0. The Morgan fingerprint density at radius 2 is 1.76 bits per heavy atom. The highest BCUT2D eigenvalue weighted by Crippen LogP contribution is 2.34. The van der Waals surface area contributed by atoms with Crippen LogP contribution >= 0.6 is 0 Å². The lowest BCUT2D eigenvalue weighted by molar-refractivity contribution is 0.327. The van der Waals surface area contributed by atoms with Crippen LogP contribution in [0.2, 0.25) is 0 Å². The Balaban J connectivity index is 1.68. The number of hydrogen-bond donors (Lipinski definition) is 1. The molecule has 0 amide bonds. The van der Waals surface area contributed by atoms with Crippen molar-refractivity contribution in [2.24, 2.45) is 0 Å². The largest absolute Gasteiger partial charge is 0.445 e. The molecule has 0 aromatic carbocycles. The molecule has 1 N–H and O–H groups in total. The zero-order valence-corrected chi connectivity index (χ0v) is 10.5. The quantitative estimate of drug-likeness (QED) is 0.854. The van der Waals surface area contributed by atoms with Crippen LogP contribution in [0.3, 0.4) is 0 Å². The van der Waals surface area contributed by atoms with Gasteiger partial charge >= 0.3 is 0 Å². The van der Waals surface area contributed by atoms with E-state index >= 15 is 0 Å². The topological polar surface area (TPSA) is 38.1 Å². The molecule has 1 aliphatic carbocycles. The summed E-state index contributed by atoms with van der Waals surface area (Å²) in [5, 5.41) is 3.39. The molecule has 3 rings (SSSR count). The molecule has 1 aliphatic heterocycles. The van der Waals surface area contributed by atoms with Crippen LogP contribution in [0.1, 0.15) is 68.4 Å². The number of nitrogens with one attached hydrogen (secondary N) is 1. The first-order valence-electron chi connectivity index (χ1n) is 7.10. The Hall–Kier alpha value is -0.830. The Bertz CT molecular complexity index is 316. The molecule has 2 fully saturated rings. The van der Waals surface area contributed by atoms with E-state index in [1.807, 2.05) is 6.20 Å². The van der Waals surface area contributed by atoms with E-state index in [0.717, 1.165) is 24.7 Å². The molecule has 1 aromatic heterocycles. The SMILES string of the molecule is c1nc(C2CCNCC2)oc1C1CCCCC1. The maximum atomic E-state index is 6.02. The van der Waals surface area contributed by atoms with Crippen LogP contribution in [-0.2, 0) is 0 Å². The molecule has 0 bridgehead atoms. The minimum Gasteiger partial charge on any atom is -0.445 e. The minimum atomic E-state index is 0.550. The van der Waals surface area contributed by atoms with Crippen LogP contribution in [0.15, 0.2) is 10.6 Å². The lowest BCUT2D eigenvalue weighted by atomic mass is 9.88. The number of hydrogen-bond acceptors (Lipinski definition) is 3. The van der Waals surface area contributed by atoms with Gasteiger partial charge in [-0.1, -0.05) is 19.3 Å². The maximum absolute atomic E-state index is 6.02. The van der Waals surface area contributed by atoms with Crippen LogP contribution in [0.4, 0.5) is 0 Å². The van der Waals surface area contributed by atoms with Gasteiger partial charge < -0.3 is 9.73 Å². The first-order valence-corrected chi connectivity index (χ1v) is 7.10. The van der Waals surface area contributed by atoms with Gasteiger partial charge in [0.25, 0.3) is 0 Å². The van der Waals surface area contributed by atoms with Crippen LogP contribution < -0.4 is 5.32 Å². The lowest BCUT2D eigenvalue weighted by Gasteiger charge is -2.20. The normalized spacial score (nSPS) is 24.0. The number of oxazole rings is 1. The molecule has 2 heterocycles. The smallest absolute Gasteiger partial charge is 0.197 e. The summed E-state index contributed by atoms with van der Waals surface area (Å²) in [6.45, 7) is 2.21. The van der Waals surface area contributed by atoms with Crippen molar-refractivity contribution in [2.75, 3.05) is 13.1 Å². The highest BCUT2D eigenvalue weighted by Gasteiger charge is 2.23. The van der Waals surface area contributed by atoms with Gasteiger partial charge in [-0.15, -0.1) is 0 Å². The molecule has 3 heteroatoms. The third-order valence-electron chi connectivity index (χ3n) is 4.24. The Kier molecular flexibility index (Phi) is 3.46. The predicted molar refractivity (Wildman–Crippen MR) is 67.2 cm³/mol. The van der Waals surface area contributed by atoms with Gasteiger partial charge in [-0.25, -0.2) is 4.98 Å². The van der Waals surface area contributed by atoms with E-state index in [0.29, 0.717) is 11.8 Å². The summed E-state index contributed by atoms with van der Waals surface area (Å²) in [5.41, 5.74) is 0. The summed E-state index contributed by atoms with van der Waals surface area (Å²) in [4.78, 5) is 4.52. The second-order valence-electron chi connectivity index (χ2n) is 5.46. The third-order valence-corrected chi connectivity index (χ3v) is 4.24. The van der Waals surface area contributed by atoms with Crippen molar-refractivity contribution >= 4 is 0 Å². The molecule has 2 aliphatic rings. The number of piperidine rings is 1. The maximum Gasteiger partial charge on any atom is 0.197 e. The predicted octanol–water partition coefficient (Wildman–Crippen LogP) is 3.19. The zero-order valence-electron chi connectivity index (χ0n) is 10.5. The molecule has 1 saturated carbocycles. The van der Waals surface area contributed by atoms with E-state index in [2.05, 4.69) is 10.3 Å². The van der Waals surface area contributed by atoms with Gasteiger partial charge in [0.05, 0.1) is 6.20 Å². The van der Waals surface area contributed by atoms with Crippen LogP contribution in [-0.4, -0.2) is 18.1 Å². The molecule has 0 atom stereocenters. The molecule has 3 nitrogen and oxygen atoms in total. The first kappa shape index (κ1) is 11.3. The van der Waals surface area contributed by atoms with Crippen LogP contribution in [0.25, 0.3) is 0 Å². The van der Waals surface area contributed by atoms with E-state index in [1.165, 1.54) is 44.9 Å². The number of aromatic nitrogens is 1. The molecule has 0 radical (unpaired) electrons. The highest BCUT2D eigenvalue weighted by molar-refractivity contribution is 5.06. The summed E-state index contributed by atoms with van der Waals surface area (Å²) < 4.78 is 6.02. The van der Waals surface area contributed by atoms with Gasteiger partial charge in [-0.3, -0.25) is 0 Å². The van der Waals surface area contributed by atoms with E-state index in [1.54, 1.807) is 0 Å². The van der Waals surface area contributed by atoms with Crippen molar-refractivity contribution in [1.29, 1.82) is 0 Å². The monoisotopic (exact) mass is 234 g/mol. The van der Waals surface area contributed by atoms with Gasteiger partial charge in [0.15, 0.2) is 5.89 Å². The summed E-state index contributed by atoms with van der Waals surface area (Å²) in [6, 6.07) is 0. The Labute approximate surface area is 103 Å². The van der Waals surface area contributed by atoms with Crippen molar-refractivity contribution in [1.82, 2.24) is 10.3 Å². The average Bonchev–Trinajstić information content (AvgIpc) is 2.90. The van der Waals surface area contributed by atoms with Crippen molar-refractivity contribution in [3.05, 3.63) is 17.8 Å². The fraction of sp³-hybridized carbons (Fsp3) is 0.786. The fourth-order valence-electron chi connectivity index (χ4n) is 3.13. The lowest BCUT2D eigenvalue weighted by Crippen LogP contribution is -2.26. The average molecular weight is 234 g/mol. The molecule has 0 unspecified atom stereocenters. The van der Waals surface area contributed by atoms with Crippen LogP contribution in [0.5, 0.6) is 0 Å². The van der Waals surface area contributed by atoms with Gasteiger partial charge in [0.2, 0.25) is 0 Å². The van der Waals surface area contributed by atoms with E-state index < -0.39 is 0 Å². The molecular formula is C14H22N2O. The Morgan fingerprint density at radius 3 is 2.53 bits per heavy atom. The van der Waals surface area contributed by atoms with Gasteiger partial charge in [-0.2, -0.15) is 0 Å². The molecule has 1 saturated heterocycles. The molecule has 17 heavy (non-hydrogen) atoms. The van der Waals surface area contributed by atoms with Crippen molar-refractivity contribution < 1.29 is 4.42 Å². The Morgan fingerprint density at radius 1 is 1.00 bits per heavy atom. The van der Waals surface area contributed by atoms with Crippen molar-refractivity contribution in [3.8, 4) is 0 Å². The molecule has 0 spiro atoms. The minimum absolute atomic E-state index is 0.550. The summed E-state index contributed by atoms with van der Waals surface area (Å²) in [7, 11) is 0. The molecule has 1 aromatic rings. The summed E-state index contributed by atoms with van der Waals surface area (Å²) in [5.74, 6) is 3.34. The van der Waals surface area contributed by atoms with Gasteiger partial charge in [0, 0.05) is 11.8 Å². The first-order chi connectivity index (χ1) is 8.43. The molecular weight excluding hydrogens is 212 g/mol. The number of rotatable bonds is 2. The fourth-order valence-corrected chi connectivity index (χ4v) is 3.13. The van der Waals surface area contributed by atoms with E-state index in [4.69, 9.17) is 4.42 Å². The van der Waals surface area contributed by atoms with E-state index in [9.17, 15) is 0 Å². The second-order valence-corrected chi connectivity index (χ2v) is 5.46. The van der Waals surface area contributed by atoms with Gasteiger partial charge in [0.1, 0.15) is 5.76 Å². The van der Waals surface area contributed by atoms with Gasteiger partial charge in [-0.05, 0) is 38.8 Å². The molecule has 94 valence electrons.